The van der Waals surface area contributed by atoms with E-state index in [-0.39, 0.29) is 11.4 Å². The minimum Gasteiger partial charge on any atom is -0.494 e. The summed E-state index contributed by atoms with van der Waals surface area (Å²) in [6, 6.07) is 12.0. The van der Waals surface area contributed by atoms with Crippen LogP contribution in [0, 0.1) is 17.1 Å². The topological polar surface area (TPSA) is 62.3 Å². The number of para-hydroxylation sites is 1. The Morgan fingerprint density at radius 2 is 1.95 bits per heavy atom. The number of benzene rings is 2. The van der Waals surface area contributed by atoms with Crippen LogP contribution in [0.4, 0.5) is 21.5 Å². The fraction of sp³-hybridized carbons (Fsp3) is 0.133. The lowest BCUT2D eigenvalue weighted by Crippen LogP contribution is -2.13. The first-order valence-corrected chi connectivity index (χ1v) is 5.94. The Morgan fingerprint density at radius 1 is 1.25 bits per heavy atom. The number of ether oxygens (including phenoxy) is 1. The van der Waals surface area contributed by atoms with E-state index in [4.69, 9.17) is 15.7 Å². The Hall–Kier alpha value is -2.74. The van der Waals surface area contributed by atoms with Crippen molar-refractivity contribution >= 4 is 17.1 Å². The van der Waals surface area contributed by atoms with Gasteiger partial charge in [0.05, 0.1) is 29.7 Å². The summed E-state index contributed by atoms with van der Waals surface area (Å²) in [6.07, 6.45) is 0. The van der Waals surface area contributed by atoms with E-state index in [0.29, 0.717) is 16.9 Å². The van der Waals surface area contributed by atoms with Crippen LogP contribution in [0.1, 0.15) is 5.56 Å². The van der Waals surface area contributed by atoms with Gasteiger partial charge in [0.1, 0.15) is 6.07 Å². The average Bonchev–Trinajstić information content (AvgIpc) is 2.46. The first-order valence-electron chi connectivity index (χ1n) is 5.94. The SMILES string of the molecule is COc1cc(N(C)c2ccccc2C#N)c(N)cc1F. The lowest BCUT2D eigenvalue weighted by atomic mass is 10.1. The van der Waals surface area contributed by atoms with Gasteiger partial charge >= 0.3 is 0 Å². The second-order valence-electron chi connectivity index (χ2n) is 4.23. The monoisotopic (exact) mass is 271 g/mol. The highest BCUT2D eigenvalue weighted by Gasteiger charge is 2.15. The molecule has 0 atom stereocenters. The van der Waals surface area contributed by atoms with Crippen LogP contribution in [0.3, 0.4) is 0 Å². The maximum absolute atomic E-state index is 13.6. The van der Waals surface area contributed by atoms with Gasteiger partial charge in [-0.05, 0) is 12.1 Å². The fourth-order valence-electron chi connectivity index (χ4n) is 2.00. The summed E-state index contributed by atoms with van der Waals surface area (Å²) in [7, 11) is 3.15. The van der Waals surface area contributed by atoms with Crippen molar-refractivity contribution in [2.45, 2.75) is 0 Å². The summed E-state index contributed by atoms with van der Waals surface area (Å²) in [5.41, 5.74) is 7.91. The van der Waals surface area contributed by atoms with Crippen LogP contribution in [0.5, 0.6) is 5.75 Å². The highest BCUT2D eigenvalue weighted by atomic mass is 19.1. The molecule has 0 aromatic heterocycles. The molecule has 0 radical (unpaired) electrons. The van der Waals surface area contributed by atoms with Gasteiger partial charge in [-0.3, -0.25) is 0 Å². The fourth-order valence-corrected chi connectivity index (χ4v) is 2.00. The molecule has 0 spiro atoms. The van der Waals surface area contributed by atoms with Gasteiger partial charge in [-0.25, -0.2) is 4.39 Å². The van der Waals surface area contributed by atoms with Crippen LogP contribution in [0.15, 0.2) is 36.4 Å². The molecule has 0 aliphatic heterocycles. The second-order valence-corrected chi connectivity index (χ2v) is 4.23. The van der Waals surface area contributed by atoms with E-state index in [2.05, 4.69) is 6.07 Å². The molecular weight excluding hydrogens is 257 g/mol. The summed E-state index contributed by atoms with van der Waals surface area (Å²) in [5.74, 6) is -0.411. The normalized spacial score (nSPS) is 9.90. The average molecular weight is 271 g/mol. The number of nitrogens with zero attached hydrogens (tertiary/aromatic N) is 2. The van der Waals surface area contributed by atoms with Gasteiger partial charge < -0.3 is 15.4 Å². The number of nitriles is 1. The molecule has 2 aromatic rings. The molecule has 20 heavy (non-hydrogen) atoms. The number of halogens is 1. The highest BCUT2D eigenvalue weighted by Crippen LogP contribution is 2.35. The van der Waals surface area contributed by atoms with Crippen molar-refractivity contribution in [2.75, 3.05) is 24.8 Å². The van der Waals surface area contributed by atoms with E-state index in [1.807, 2.05) is 6.07 Å². The van der Waals surface area contributed by atoms with Gasteiger partial charge in [0.25, 0.3) is 0 Å². The summed E-state index contributed by atoms with van der Waals surface area (Å²) < 4.78 is 18.5. The molecule has 2 N–H and O–H groups in total. The summed E-state index contributed by atoms with van der Waals surface area (Å²) in [6.45, 7) is 0. The zero-order valence-electron chi connectivity index (χ0n) is 11.2. The highest BCUT2D eigenvalue weighted by molar-refractivity contribution is 5.78. The van der Waals surface area contributed by atoms with Crippen molar-refractivity contribution < 1.29 is 9.13 Å². The van der Waals surface area contributed by atoms with Crippen molar-refractivity contribution in [3.63, 3.8) is 0 Å². The zero-order chi connectivity index (χ0) is 14.7. The Balaban J connectivity index is 2.54. The third kappa shape index (κ3) is 2.36. The lowest BCUT2D eigenvalue weighted by molar-refractivity contribution is 0.387. The predicted molar refractivity (Wildman–Crippen MR) is 76.6 cm³/mol. The first kappa shape index (κ1) is 13.7. The molecular formula is C15H14FN3O. The van der Waals surface area contributed by atoms with Crippen molar-refractivity contribution in [1.29, 1.82) is 5.26 Å². The quantitative estimate of drug-likeness (QED) is 0.871. The first-order chi connectivity index (χ1) is 9.58. The Labute approximate surface area is 116 Å². The van der Waals surface area contributed by atoms with Crippen molar-refractivity contribution in [3.05, 3.63) is 47.8 Å². The molecule has 0 aliphatic carbocycles. The molecule has 0 saturated heterocycles. The lowest BCUT2D eigenvalue weighted by Gasteiger charge is -2.23. The van der Waals surface area contributed by atoms with Crippen LogP contribution >= 0.6 is 0 Å². The molecule has 0 amide bonds. The van der Waals surface area contributed by atoms with E-state index in [0.717, 1.165) is 0 Å². The number of hydrogen-bond donors (Lipinski definition) is 1. The minimum atomic E-state index is -0.518. The molecule has 0 saturated carbocycles. The van der Waals surface area contributed by atoms with Gasteiger partial charge in [0, 0.05) is 19.2 Å². The molecule has 2 rings (SSSR count). The summed E-state index contributed by atoms with van der Waals surface area (Å²) >= 11 is 0. The molecule has 5 heteroatoms. The minimum absolute atomic E-state index is 0.107. The number of rotatable bonds is 3. The molecule has 0 fully saturated rings. The van der Waals surface area contributed by atoms with E-state index < -0.39 is 5.82 Å². The van der Waals surface area contributed by atoms with Gasteiger partial charge in [0.15, 0.2) is 11.6 Å². The number of nitrogens with two attached hydrogens (primary N) is 1. The number of methoxy groups -OCH3 is 1. The third-order valence-corrected chi connectivity index (χ3v) is 3.05. The summed E-state index contributed by atoms with van der Waals surface area (Å²) in [4.78, 5) is 1.73. The largest absolute Gasteiger partial charge is 0.494 e. The third-order valence-electron chi connectivity index (χ3n) is 3.05. The second kappa shape index (κ2) is 5.49. The zero-order valence-corrected chi connectivity index (χ0v) is 11.2. The Bertz CT molecular complexity index is 679. The van der Waals surface area contributed by atoms with Crippen LogP contribution in [-0.2, 0) is 0 Å². The van der Waals surface area contributed by atoms with E-state index in [1.165, 1.54) is 19.2 Å². The molecule has 4 nitrogen and oxygen atoms in total. The maximum Gasteiger partial charge on any atom is 0.167 e. The smallest absolute Gasteiger partial charge is 0.167 e. The Morgan fingerprint density at radius 3 is 2.60 bits per heavy atom. The number of nitrogen functional groups attached to an aromatic ring is 1. The molecule has 0 bridgehead atoms. The van der Waals surface area contributed by atoms with Crippen LogP contribution in [-0.4, -0.2) is 14.2 Å². The molecule has 2 aromatic carbocycles. The van der Waals surface area contributed by atoms with E-state index >= 15 is 0 Å². The van der Waals surface area contributed by atoms with Crippen LogP contribution in [0.25, 0.3) is 0 Å². The van der Waals surface area contributed by atoms with Crippen molar-refractivity contribution in [1.82, 2.24) is 0 Å². The van der Waals surface area contributed by atoms with Gasteiger partial charge in [-0.2, -0.15) is 5.26 Å². The van der Waals surface area contributed by atoms with Crippen LogP contribution in [0.2, 0.25) is 0 Å². The Kier molecular flexibility index (Phi) is 3.76. The molecule has 0 unspecified atom stereocenters. The van der Waals surface area contributed by atoms with Gasteiger partial charge in [-0.1, -0.05) is 12.1 Å². The van der Waals surface area contributed by atoms with Gasteiger partial charge in [-0.15, -0.1) is 0 Å². The maximum atomic E-state index is 13.6. The summed E-state index contributed by atoms with van der Waals surface area (Å²) in [5, 5.41) is 9.14. The predicted octanol–water partition coefficient (Wildman–Crippen LogP) is 3.06. The van der Waals surface area contributed by atoms with E-state index in [9.17, 15) is 4.39 Å². The van der Waals surface area contributed by atoms with Crippen LogP contribution < -0.4 is 15.4 Å². The van der Waals surface area contributed by atoms with Crippen molar-refractivity contribution in [3.8, 4) is 11.8 Å². The van der Waals surface area contributed by atoms with E-state index in [1.54, 1.807) is 30.1 Å². The molecule has 0 heterocycles. The van der Waals surface area contributed by atoms with Crippen molar-refractivity contribution in [2.24, 2.45) is 0 Å². The number of anilines is 3. The molecule has 102 valence electrons. The van der Waals surface area contributed by atoms with Gasteiger partial charge in [0.2, 0.25) is 0 Å². The standard InChI is InChI=1S/C15H14FN3O/c1-19(13-6-4-3-5-10(13)9-17)14-8-15(20-2)11(16)7-12(14)18/h3-8H,18H2,1-2H3. The number of hydrogen-bond acceptors (Lipinski definition) is 4. The molecule has 0 aliphatic rings.